The maximum Gasteiger partial charge on any atom is 0.387 e. The van der Waals surface area contributed by atoms with Crippen LogP contribution in [0.5, 0.6) is 5.75 Å². The molecule has 0 aliphatic rings. The molecule has 0 saturated carbocycles. The normalized spacial score (nSPS) is 11.0. The molecule has 2 aromatic rings. The third-order valence-corrected chi connectivity index (χ3v) is 3.65. The fourth-order valence-corrected chi connectivity index (χ4v) is 2.34. The minimum Gasteiger partial charge on any atom is -0.435 e. The number of halogens is 2. The van der Waals surface area contributed by atoms with Gasteiger partial charge < -0.3 is 14.5 Å². The zero-order chi connectivity index (χ0) is 18.2. The molecule has 0 N–H and O–H groups in total. The molecule has 0 atom stereocenters. The molecular weight excluding hydrogens is 326 g/mol. The number of carbonyl (C=O) groups excluding carboxylic acids is 1. The summed E-state index contributed by atoms with van der Waals surface area (Å²) >= 11 is 0. The molecule has 0 radical (unpaired) electrons. The maximum absolute atomic E-state index is 12.8. The topological polar surface area (TPSA) is 32.8 Å². The Morgan fingerprint density at radius 3 is 2.20 bits per heavy atom. The van der Waals surface area contributed by atoms with Gasteiger partial charge in [-0.25, -0.2) is 0 Å². The molecule has 0 unspecified atom stereocenters. The predicted molar refractivity (Wildman–Crippen MR) is 92.8 cm³/mol. The molecule has 0 aliphatic carbocycles. The molecule has 25 heavy (non-hydrogen) atoms. The Kier molecular flexibility index (Phi) is 6.89. The molecule has 0 aliphatic heterocycles. The number of amides is 1. The zero-order valence-electron chi connectivity index (χ0n) is 14.4. The molecule has 0 bridgehead atoms. The summed E-state index contributed by atoms with van der Waals surface area (Å²) in [6.07, 6.45) is 0. The Morgan fingerprint density at radius 1 is 1.00 bits per heavy atom. The monoisotopic (exact) mass is 348 g/mol. The number of likely N-dealkylation sites (N-methyl/N-ethyl adjacent to an activating group) is 1. The van der Waals surface area contributed by atoms with Gasteiger partial charge in [-0.2, -0.15) is 8.78 Å². The third kappa shape index (κ3) is 6.15. The van der Waals surface area contributed by atoms with Crippen LogP contribution in [0.3, 0.4) is 0 Å². The number of carbonyl (C=O) groups is 1. The molecule has 134 valence electrons. The number of nitrogens with zero attached hydrogens (tertiary/aromatic N) is 2. The Bertz CT molecular complexity index is 661. The first-order chi connectivity index (χ1) is 12.0. The fraction of sp³-hybridized carbons (Fsp3) is 0.316. The van der Waals surface area contributed by atoms with Gasteiger partial charge >= 0.3 is 6.61 Å². The number of hydrogen-bond acceptors (Lipinski definition) is 3. The van der Waals surface area contributed by atoms with Crippen molar-refractivity contribution < 1.29 is 18.3 Å². The molecule has 1 amide bonds. The molecule has 0 spiro atoms. The van der Waals surface area contributed by atoms with Crippen molar-refractivity contribution in [2.24, 2.45) is 0 Å². The molecule has 0 aromatic heterocycles. The van der Waals surface area contributed by atoms with E-state index in [0.717, 1.165) is 12.1 Å². The first-order valence-corrected chi connectivity index (χ1v) is 7.98. The lowest BCUT2D eigenvalue weighted by atomic mass is 10.1. The van der Waals surface area contributed by atoms with Crippen LogP contribution in [0.15, 0.2) is 54.6 Å². The summed E-state index contributed by atoms with van der Waals surface area (Å²) < 4.78 is 28.8. The number of alkyl halides is 2. The Labute approximate surface area is 146 Å². The second kappa shape index (κ2) is 9.13. The third-order valence-electron chi connectivity index (χ3n) is 3.65. The molecule has 0 saturated heterocycles. The zero-order valence-corrected chi connectivity index (χ0v) is 14.4. The SMILES string of the molecule is CN(C)CCN(Cc1ccccc1)C(=O)c1ccc(OC(F)F)cc1. The predicted octanol–water partition coefficient (Wildman–Crippen LogP) is 3.49. The van der Waals surface area contributed by atoms with E-state index in [1.165, 1.54) is 24.3 Å². The minimum atomic E-state index is -2.88. The molecule has 0 heterocycles. The van der Waals surface area contributed by atoms with E-state index in [1.54, 1.807) is 4.90 Å². The average molecular weight is 348 g/mol. The summed E-state index contributed by atoms with van der Waals surface area (Å²) in [4.78, 5) is 16.6. The van der Waals surface area contributed by atoms with Gasteiger partial charge in [0.1, 0.15) is 5.75 Å². The standard InChI is InChI=1S/C19H22F2N2O2/c1-22(2)12-13-23(14-15-6-4-3-5-7-15)18(24)16-8-10-17(11-9-16)25-19(20)21/h3-11,19H,12-14H2,1-2H3. The van der Waals surface area contributed by atoms with Gasteiger partial charge in [0.15, 0.2) is 0 Å². The molecule has 4 nitrogen and oxygen atoms in total. The first kappa shape index (κ1) is 18.9. The van der Waals surface area contributed by atoms with Crippen LogP contribution in [0.25, 0.3) is 0 Å². The van der Waals surface area contributed by atoms with Gasteiger partial charge in [0.05, 0.1) is 0 Å². The van der Waals surface area contributed by atoms with Crippen molar-refractivity contribution in [3.63, 3.8) is 0 Å². The summed E-state index contributed by atoms with van der Waals surface area (Å²) in [6.45, 7) is -1.10. The number of benzene rings is 2. The Morgan fingerprint density at radius 2 is 1.64 bits per heavy atom. The second-order valence-electron chi connectivity index (χ2n) is 5.92. The van der Waals surface area contributed by atoms with Crippen molar-refractivity contribution in [3.05, 3.63) is 65.7 Å². The van der Waals surface area contributed by atoms with Crippen LogP contribution in [0.1, 0.15) is 15.9 Å². The lowest BCUT2D eigenvalue weighted by Crippen LogP contribution is -2.36. The minimum absolute atomic E-state index is 0.0365. The maximum atomic E-state index is 12.8. The van der Waals surface area contributed by atoms with E-state index in [1.807, 2.05) is 49.3 Å². The fourth-order valence-electron chi connectivity index (χ4n) is 2.34. The highest BCUT2D eigenvalue weighted by atomic mass is 19.3. The molecule has 2 rings (SSSR count). The van der Waals surface area contributed by atoms with Crippen LogP contribution in [0.4, 0.5) is 8.78 Å². The lowest BCUT2D eigenvalue weighted by Gasteiger charge is -2.25. The van der Waals surface area contributed by atoms with Crippen LogP contribution < -0.4 is 4.74 Å². The molecule has 2 aromatic carbocycles. The van der Waals surface area contributed by atoms with Gasteiger partial charge in [0, 0.05) is 25.2 Å². The van der Waals surface area contributed by atoms with Crippen LogP contribution >= 0.6 is 0 Å². The van der Waals surface area contributed by atoms with Crippen molar-refractivity contribution in [2.75, 3.05) is 27.2 Å². The van der Waals surface area contributed by atoms with Crippen LogP contribution in [-0.4, -0.2) is 49.5 Å². The van der Waals surface area contributed by atoms with Crippen molar-refractivity contribution in [1.82, 2.24) is 9.80 Å². The van der Waals surface area contributed by atoms with Crippen molar-refractivity contribution >= 4 is 5.91 Å². The summed E-state index contributed by atoms with van der Waals surface area (Å²) in [7, 11) is 3.89. The number of ether oxygens (including phenoxy) is 1. The van der Waals surface area contributed by atoms with Gasteiger partial charge in [-0.3, -0.25) is 4.79 Å². The van der Waals surface area contributed by atoms with Crippen LogP contribution in [0, 0.1) is 0 Å². The average Bonchev–Trinajstić information content (AvgIpc) is 2.59. The van der Waals surface area contributed by atoms with E-state index in [9.17, 15) is 13.6 Å². The van der Waals surface area contributed by atoms with E-state index >= 15 is 0 Å². The Balaban J connectivity index is 2.13. The van der Waals surface area contributed by atoms with E-state index in [4.69, 9.17) is 0 Å². The molecule has 6 heteroatoms. The molecular formula is C19H22F2N2O2. The van der Waals surface area contributed by atoms with Crippen LogP contribution in [-0.2, 0) is 6.54 Å². The summed E-state index contributed by atoms with van der Waals surface area (Å²) in [5.41, 5.74) is 1.48. The van der Waals surface area contributed by atoms with E-state index in [0.29, 0.717) is 18.7 Å². The second-order valence-corrected chi connectivity index (χ2v) is 5.92. The van der Waals surface area contributed by atoms with Crippen LogP contribution in [0.2, 0.25) is 0 Å². The van der Waals surface area contributed by atoms with E-state index < -0.39 is 6.61 Å². The van der Waals surface area contributed by atoms with Gasteiger partial charge in [0.2, 0.25) is 0 Å². The van der Waals surface area contributed by atoms with Crippen molar-refractivity contribution in [1.29, 1.82) is 0 Å². The number of hydrogen-bond donors (Lipinski definition) is 0. The highest BCUT2D eigenvalue weighted by Crippen LogP contribution is 2.17. The van der Waals surface area contributed by atoms with E-state index in [2.05, 4.69) is 4.74 Å². The summed E-state index contributed by atoms with van der Waals surface area (Å²) in [6, 6.07) is 15.5. The van der Waals surface area contributed by atoms with Crippen molar-refractivity contribution in [3.8, 4) is 5.75 Å². The highest BCUT2D eigenvalue weighted by Gasteiger charge is 2.17. The Hall–Kier alpha value is -2.47. The van der Waals surface area contributed by atoms with Gasteiger partial charge in [-0.05, 0) is 43.9 Å². The summed E-state index contributed by atoms with van der Waals surface area (Å²) in [5.74, 6) is -0.108. The lowest BCUT2D eigenvalue weighted by molar-refractivity contribution is -0.0498. The van der Waals surface area contributed by atoms with Gasteiger partial charge in [-0.15, -0.1) is 0 Å². The van der Waals surface area contributed by atoms with Gasteiger partial charge in [-0.1, -0.05) is 30.3 Å². The van der Waals surface area contributed by atoms with E-state index in [-0.39, 0.29) is 11.7 Å². The molecule has 0 fully saturated rings. The largest absolute Gasteiger partial charge is 0.435 e. The van der Waals surface area contributed by atoms with Gasteiger partial charge in [0.25, 0.3) is 5.91 Å². The van der Waals surface area contributed by atoms with Crippen molar-refractivity contribution in [2.45, 2.75) is 13.2 Å². The first-order valence-electron chi connectivity index (χ1n) is 7.98. The summed E-state index contributed by atoms with van der Waals surface area (Å²) in [5, 5.41) is 0. The smallest absolute Gasteiger partial charge is 0.387 e. The number of rotatable bonds is 8. The highest BCUT2D eigenvalue weighted by molar-refractivity contribution is 5.94. The quantitative estimate of drug-likeness (QED) is 0.732.